The highest BCUT2D eigenvalue weighted by atomic mass is 16.5. The maximum atomic E-state index is 13.7. The topological polar surface area (TPSA) is 101 Å². The van der Waals surface area contributed by atoms with E-state index in [9.17, 15) is 9.59 Å². The Morgan fingerprint density at radius 2 is 1.76 bits per heavy atom. The summed E-state index contributed by atoms with van der Waals surface area (Å²) in [4.78, 5) is 36.6. The first-order valence-electron chi connectivity index (χ1n) is 12.7. The number of pyridine rings is 1. The molecule has 4 aliphatic heterocycles. The molecule has 4 fully saturated rings. The smallest absolute Gasteiger partial charge is 0.227 e. The summed E-state index contributed by atoms with van der Waals surface area (Å²) in [7, 11) is 0. The molecule has 4 saturated heterocycles. The monoisotopic (exact) mass is 471 g/mol. The first-order valence-corrected chi connectivity index (χ1v) is 12.7. The van der Waals surface area contributed by atoms with Crippen molar-refractivity contribution in [3.05, 3.63) is 23.9 Å². The molecule has 0 radical (unpaired) electrons. The third kappa shape index (κ3) is 4.92. The lowest BCUT2D eigenvalue weighted by atomic mass is 9.71. The molecule has 9 heteroatoms. The molecule has 0 bridgehead atoms. The Morgan fingerprint density at radius 1 is 1.06 bits per heavy atom. The van der Waals surface area contributed by atoms with E-state index in [-0.39, 0.29) is 29.1 Å². The molecule has 5 rings (SSSR count). The number of nitrogens with two attached hydrogens (primary N) is 1. The number of morpholine rings is 1. The SMILES string of the molecule is NC(=O)C1CCN(C(=O)[C@H]2CN(Cc3ccnc(N4CCOCC4)c3)CC23CCOCC3)CC1. The fourth-order valence-corrected chi connectivity index (χ4v) is 6.20. The second-order valence-electron chi connectivity index (χ2n) is 10.3. The van der Waals surface area contributed by atoms with Gasteiger partial charge >= 0.3 is 0 Å². The largest absolute Gasteiger partial charge is 0.381 e. The predicted molar refractivity (Wildman–Crippen MR) is 127 cm³/mol. The van der Waals surface area contributed by atoms with E-state index >= 15 is 0 Å². The van der Waals surface area contributed by atoms with Crippen molar-refractivity contribution in [3.8, 4) is 0 Å². The Morgan fingerprint density at radius 3 is 2.47 bits per heavy atom. The third-order valence-electron chi connectivity index (χ3n) is 8.27. The summed E-state index contributed by atoms with van der Waals surface area (Å²) in [5.41, 5.74) is 6.69. The van der Waals surface area contributed by atoms with E-state index in [1.165, 1.54) is 5.56 Å². The van der Waals surface area contributed by atoms with Gasteiger partial charge in [0.2, 0.25) is 11.8 Å². The Hall–Kier alpha value is -2.23. The van der Waals surface area contributed by atoms with E-state index in [4.69, 9.17) is 15.2 Å². The van der Waals surface area contributed by atoms with Crippen LogP contribution in [0.2, 0.25) is 0 Å². The maximum absolute atomic E-state index is 13.7. The average Bonchev–Trinajstić information content (AvgIpc) is 3.21. The molecule has 2 amide bonds. The van der Waals surface area contributed by atoms with Gasteiger partial charge in [-0.15, -0.1) is 0 Å². The Bertz CT molecular complexity index is 876. The summed E-state index contributed by atoms with van der Waals surface area (Å²) in [6.07, 6.45) is 5.09. The molecule has 186 valence electrons. The highest BCUT2D eigenvalue weighted by Crippen LogP contribution is 2.45. The molecule has 1 aromatic rings. The van der Waals surface area contributed by atoms with Crippen LogP contribution in [-0.2, 0) is 25.6 Å². The van der Waals surface area contributed by atoms with Crippen molar-refractivity contribution in [2.24, 2.45) is 23.0 Å². The van der Waals surface area contributed by atoms with Gasteiger partial charge < -0.3 is 25.0 Å². The highest BCUT2D eigenvalue weighted by molar-refractivity contribution is 5.81. The molecule has 1 spiro atoms. The van der Waals surface area contributed by atoms with Crippen LogP contribution < -0.4 is 10.6 Å². The Kier molecular flexibility index (Phi) is 7.04. The number of carbonyl (C=O) groups is 2. The minimum Gasteiger partial charge on any atom is -0.381 e. The molecule has 1 atom stereocenters. The molecular weight excluding hydrogens is 434 g/mol. The fourth-order valence-electron chi connectivity index (χ4n) is 6.20. The summed E-state index contributed by atoms with van der Waals surface area (Å²) in [6, 6.07) is 4.27. The lowest BCUT2D eigenvalue weighted by Crippen LogP contribution is -2.49. The van der Waals surface area contributed by atoms with Crippen LogP contribution in [0.3, 0.4) is 0 Å². The summed E-state index contributed by atoms with van der Waals surface area (Å²) in [5, 5.41) is 0. The summed E-state index contributed by atoms with van der Waals surface area (Å²) in [6.45, 7) is 8.41. The number of piperidine rings is 1. The van der Waals surface area contributed by atoms with Gasteiger partial charge in [0.1, 0.15) is 5.82 Å². The van der Waals surface area contributed by atoms with Crippen LogP contribution in [0.25, 0.3) is 0 Å². The van der Waals surface area contributed by atoms with Crippen LogP contribution in [0.5, 0.6) is 0 Å². The number of hydrogen-bond acceptors (Lipinski definition) is 7. The molecule has 4 aliphatic rings. The summed E-state index contributed by atoms with van der Waals surface area (Å²) >= 11 is 0. The predicted octanol–water partition coefficient (Wildman–Crippen LogP) is 0.871. The van der Waals surface area contributed by atoms with E-state index in [1.54, 1.807) is 0 Å². The average molecular weight is 472 g/mol. The van der Waals surface area contributed by atoms with Gasteiger partial charge in [0.15, 0.2) is 0 Å². The number of likely N-dealkylation sites (tertiary alicyclic amines) is 2. The third-order valence-corrected chi connectivity index (χ3v) is 8.27. The highest BCUT2D eigenvalue weighted by Gasteiger charge is 2.51. The molecule has 0 saturated carbocycles. The molecule has 0 aliphatic carbocycles. The van der Waals surface area contributed by atoms with E-state index in [0.717, 1.165) is 77.8 Å². The van der Waals surface area contributed by atoms with Crippen LogP contribution in [0.4, 0.5) is 5.82 Å². The molecule has 2 N–H and O–H groups in total. The number of carbonyl (C=O) groups excluding carboxylic acids is 2. The number of anilines is 1. The van der Waals surface area contributed by atoms with Gasteiger partial charge in [-0.25, -0.2) is 4.98 Å². The number of hydrogen-bond donors (Lipinski definition) is 1. The molecule has 34 heavy (non-hydrogen) atoms. The quantitative estimate of drug-likeness (QED) is 0.680. The molecule has 5 heterocycles. The Labute approximate surface area is 201 Å². The minimum atomic E-state index is -0.242. The molecular formula is C25H37N5O4. The van der Waals surface area contributed by atoms with E-state index in [0.29, 0.717) is 25.9 Å². The van der Waals surface area contributed by atoms with Crippen molar-refractivity contribution >= 4 is 17.6 Å². The van der Waals surface area contributed by atoms with Crippen molar-refractivity contribution in [3.63, 3.8) is 0 Å². The van der Waals surface area contributed by atoms with Crippen LogP contribution >= 0.6 is 0 Å². The molecule has 1 aromatic heterocycles. The second-order valence-corrected chi connectivity index (χ2v) is 10.3. The normalized spacial score (nSPS) is 26.2. The number of rotatable bonds is 5. The van der Waals surface area contributed by atoms with Gasteiger partial charge in [0.05, 0.1) is 19.1 Å². The second kappa shape index (κ2) is 10.2. The van der Waals surface area contributed by atoms with Crippen LogP contribution in [-0.4, -0.2) is 92.3 Å². The number of nitrogens with zero attached hydrogens (tertiary/aromatic N) is 4. The first-order chi connectivity index (χ1) is 16.5. The molecule has 9 nitrogen and oxygen atoms in total. The van der Waals surface area contributed by atoms with Crippen molar-refractivity contribution in [1.29, 1.82) is 0 Å². The standard InChI is InChI=1S/C25H37N5O4/c26-23(31)20-2-7-30(8-3-20)24(32)21-17-28(18-25(21)4-11-33-12-5-25)16-19-1-6-27-22(15-19)29-9-13-34-14-10-29/h1,6,15,20-21H,2-5,7-14,16-18H2,(H2,26,31)/t21-/m1/s1. The summed E-state index contributed by atoms with van der Waals surface area (Å²) in [5.74, 6) is 0.881. The van der Waals surface area contributed by atoms with Crippen LogP contribution in [0.1, 0.15) is 31.2 Å². The maximum Gasteiger partial charge on any atom is 0.227 e. The number of aromatic nitrogens is 1. The van der Waals surface area contributed by atoms with E-state index in [2.05, 4.69) is 26.9 Å². The van der Waals surface area contributed by atoms with Gasteiger partial charge in [-0.1, -0.05) is 0 Å². The van der Waals surface area contributed by atoms with Gasteiger partial charge in [0.25, 0.3) is 0 Å². The number of primary amides is 1. The lowest BCUT2D eigenvalue weighted by molar-refractivity contribution is -0.143. The van der Waals surface area contributed by atoms with Crippen LogP contribution in [0.15, 0.2) is 18.3 Å². The number of amides is 2. The lowest BCUT2D eigenvalue weighted by Gasteiger charge is -2.40. The van der Waals surface area contributed by atoms with Crippen molar-refractivity contribution in [2.45, 2.75) is 32.2 Å². The van der Waals surface area contributed by atoms with Gasteiger partial charge in [-0.2, -0.15) is 0 Å². The van der Waals surface area contributed by atoms with Gasteiger partial charge in [-0.3, -0.25) is 14.5 Å². The van der Waals surface area contributed by atoms with Crippen LogP contribution in [0, 0.1) is 17.3 Å². The Balaban J connectivity index is 1.28. The van der Waals surface area contributed by atoms with Crippen molar-refractivity contribution in [2.75, 3.05) is 70.6 Å². The van der Waals surface area contributed by atoms with Gasteiger partial charge in [-0.05, 0) is 43.4 Å². The molecule has 0 aromatic carbocycles. The van der Waals surface area contributed by atoms with Crippen molar-refractivity contribution < 1.29 is 19.1 Å². The zero-order chi connectivity index (χ0) is 23.5. The zero-order valence-electron chi connectivity index (χ0n) is 20.0. The fraction of sp³-hybridized carbons (Fsp3) is 0.720. The minimum absolute atomic E-state index is 0.0259. The first kappa shape index (κ1) is 23.5. The van der Waals surface area contributed by atoms with E-state index in [1.807, 2.05) is 11.1 Å². The summed E-state index contributed by atoms with van der Waals surface area (Å²) < 4.78 is 11.2. The number of ether oxygens (including phenoxy) is 2. The zero-order valence-corrected chi connectivity index (χ0v) is 20.0. The van der Waals surface area contributed by atoms with Gasteiger partial charge in [0, 0.05) is 76.6 Å². The van der Waals surface area contributed by atoms with E-state index < -0.39 is 0 Å². The van der Waals surface area contributed by atoms with Crippen molar-refractivity contribution in [1.82, 2.24) is 14.8 Å². The molecule has 0 unspecified atom stereocenters.